The lowest BCUT2D eigenvalue weighted by Crippen LogP contribution is -2.21. The Balaban J connectivity index is 1.76. The van der Waals surface area contributed by atoms with Gasteiger partial charge in [0.2, 0.25) is 7.50 Å². The van der Waals surface area contributed by atoms with Gasteiger partial charge in [0.1, 0.15) is 5.75 Å². The number of hydrogen-bond donors (Lipinski definition) is 0. The highest BCUT2D eigenvalue weighted by Gasteiger charge is 2.22. The first-order valence-electron chi connectivity index (χ1n) is 9.01. The zero-order valence-electron chi connectivity index (χ0n) is 15.2. The summed E-state index contributed by atoms with van der Waals surface area (Å²) in [5.74, 6) is 0.853. The van der Waals surface area contributed by atoms with Gasteiger partial charge in [0.05, 0.1) is 0 Å². The van der Waals surface area contributed by atoms with Crippen molar-refractivity contribution in [1.82, 2.24) is 0 Å². The van der Waals surface area contributed by atoms with Crippen molar-refractivity contribution in [2.45, 2.75) is 0 Å². The molecule has 0 aliphatic rings. The topological polar surface area (TPSA) is 9.23 Å². The number of rotatable bonds is 6. The zero-order chi connectivity index (χ0) is 19.2. The lowest BCUT2D eigenvalue weighted by atomic mass is 10.3. The smallest absolute Gasteiger partial charge is 0.215 e. The van der Waals surface area contributed by atoms with Crippen LogP contribution in [0.2, 0.25) is 0 Å². The summed E-state index contributed by atoms with van der Waals surface area (Å²) >= 11 is 6.66. The van der Waals surface area contributed by atoms with E-state index in [2.05, 4.69) is 72.8 Å². The van der Waals surface area contributed by atoms with E-state index >= 15 is 0 Å². The van der Waals surface area contributed by atoms with E-state index in [1.165, 1.54) is 15.9 Å². The maximum Gasteiger partial charge on any atom is 0.215 e. The summed E-state index contributed by atoms with van der Waals surface area (Å²) in [6.07, 6.45) is 0. The molecule has 28 heavy (non-hydrogen) atoms. The Morgan fingerprint density at radius 2 is 0.929 bits per heavy atom. The molecule has 0 fully saturated rings. The molecule has 0 N–H and O–H groups in total. The average Bonchev–Trinajstić information content (AvgIpc) is 2.77. The third kappa shape index (κ3) is 4.45. The van der Waals surface area contributed by atoms with Gasteiger partial charge < -0.3 is 4.52 Å². The van der Waals surface area contributed by atoms with Gasteiger partial charge in [-0.15, -0.1) is 0 Å². The first-order valence-corrected chi connectivity index (χ1v) is 12.5. The minimum atomic E-state index is -1.25. The van der Waals surface area contributed by atoms with Crippen molar-refractivity contribution >= 4 is 47.9 Å². The van der Waals surface area contributed by atoms with Gasteiger partial charge in [0.25, 0.3) is 0 Å². The Morgan fingerprint density at radius 1 is 0.500 bits per heavy atom. The van der Waals surface area contributed by atoms with E-state index in [9.17, 15) is 0 Å². The molecule has 0 amide bonds. The highest BCUT2D eigenvalue weighted by Crippen LogP contribution is 2.44. The van der Waals surface area contributed by atoms with E-state index in [0.29, 0.717) is 0 Å². The fourth-order valence-corrected chi connectivity index (χ4v) is 6.83. The minimum absolute atomic E-state index is 0.740. The number of halogens is 1. The van der Waals surface area contributed by atoms with Crippen LogP contribution >= 0.6 is 26.7 Å². The van der Waals surface area contributed by atoms with Crippen molar-refractivity contribution in [2.24, 2.45) is 0 Å². The van der Waals surface area contributed by atoms with E-state index in [0.717, 1.165) is 11.1 Å². The Morgan fingerprint density at radius 3 is 1.46 bits per heavy atom. The van der Waals surface area contributed by atoms with Gasteiger partial charge in [0, 0.05) is 10.6 Å². The van der Waals surface area contributed by atoms with Gasteiger partial charge in [-0.1, -0.05) is 109 Å². The summed E-state index contributed by atoms with van der Waals surface area (Å²) in [6.45, 7) is 0. The summed E-state index contributed by atoms with van der Waals surface area (Å²) in [6, 6.07) is 39.5. The van der Waals surface area contributed by atoms with Crippen molar-refractivity contribution < 1.29 is 4.52 Å². The van der Waals surface area contributed by atoms with Gasteiger partial charge in [0.15, 0.2) is 0 Å². The normalized spacial score (nSPS) is 11.9. The third-order valence-corrected chi connectivity index (χ3v) is 8.61. The number of hydrogen-bond acceptors (Lipinski definition) is 1. The fraction of sp³-hybridized carbons (Fsp3) is 0. The average molecular weight is 421 g/mol. The maximum absolute atomic E-state index is 6.66. The van der Waals surface area contributed by atoms with Crippen LogP contribution in [0.5, 0.6) is 5.75 Å². The Labute approximate surface area is 173 Å². The van der Waals surface area contributed by atoms with Gasteiger partial charge in [-0.2, -0.15) is 0 Å². The molecule has 4 aromatic carbocycles. The summed E-state index contributed by atoms with van der Waals surface area (Å²) in [5, 5.41) is 4.77. The monoisotopic (exact) mass is 420 g/mol. The van der Waals surface area contributed by atoms with E-state index in [-0.39, 0.29) is 0 Å². The predicted octanol–water partition coefficient (Wildman–Crippen LogP) is 5.70. The van der Waals surface area contributed by atoms with Crippen molar-refractivity contribution in [3.05, 3.63) is 115 Å². The molecule has 0 saturated carbocycles. The molecule has 4 rings (SSSR count). The first-order chi connectivity index (χ1) is 13.8. The summed E-state index contributed by atoms with van der Waals surface area (Å²) in [7, 11) is -1.99. The second kappa shape index (κ2) is 9.35. The first kappa shape index (κ1) is 19.2. The van der Waals surface area contributed by atoms with Crippen LogP contribution in [0.4, 0.5) is 0 Å². The summed E-state index contributed by atoms with van der Waals surface area (Å²) < 4.78 is 6.30. The molecule has 0 radical (unpaired) electrons. The van der Waals surface area contributed by atoms with Crippen LogP contribution in [-0.2, 0) is 0 Å². The molecule has 1 unspecified atom stereocenters. The second-order valence-electron chi connectivity index (χ2n) is 6.15. The molecule has 0 saturated heterocycles. The fourth-order valence-electron chi connectivity index (χ4n) is 2.98. The van der Waals surface area contributed by atoms with Crippen LogP contribution < -0.4 is 25.7 Å². The van der Waals surface area contributed by atoms with Gasteiger partial charge in [-0.25, -0.2) is 0 Å². The van der Waals surface area contributed by atoms with Crippen LogP contribution in [0, 0.1) is 0 Å². The molecule has 0 heterocycles. The number of benzene rings is 4. The molecule has 0 aliphatic carbocycles. The molecule has 0 bridgehead atoms. The quantitative estimate of drug-likeness (QED) is 0.364. The van der Waals surface area contributed by atoms with Crippen molar-refractivity contribution in [3.8, 4) is 5.75 Å². The van der Waals surface area contributed by atoms with Crippen LogP contribution in [-0.4, -0.2) is 0 Å². The molecule has 4 aromatic rings. The molecule has 0 aliphatic heterocycles. The molecule has 0 spiro atoms. The Hall–Kier alpha value is -2.17. The molecular weight excluding hydrogens is 402 g/mol. The number of para-hydroxylation sites is 1. The molecular formula is C24H19ClOP2. The Kier molecular flexibility index (Phi) is 6.40. The molecule has 1 nitrogen and oxygen atoms in total. The predicted molar refractivity (Wildman–Crippen MR) is 125 cm³/mol. The van der Waals surface area contributed by atoms with Crippen molar-refractivity contribution in [1.29, 1.82) is 0 Å². The van der Waals surface area contributed by atoms with Crippen molar-refractivity contribution in [2.75, 3.05) is 0 Å². The lowest BCUT2D eigenvalue weighted by molar-refractivity contribution is 0.639. The van der Waals surface area contributed by atoms with Crippen LogP contribution in [0.3, 0.4) is 0 Å². The lowest BCUT2D eigenvalue weighted by Gasteiger charge is -2.23. The van der Waals surface area contributed by atoms with Crippen LogP contribution in [0.25, 0.3) is 0 Å². The minimum Gasteiger partial charge on any atom is -0.453 e. The summed E-state index contributed by atoms with van der Waals surface area (Å²) in [5.41, 5.74) is 0. The third-order valence-electron chi connectivity index (χ3n) is 4.27. The van der Waals surface area contributed by atoms with E-state index in [4.69, 9.17) is 15.8 Å². The molecule has 0 aromatic heterocycles. The van der Waals surface area contributed by atoms with Crippen molar-refractivity contribution in [3.63, 3.8) is 0 Å². The molecule has 1 atom stereocenters. The molecule has 4 heteroatoms. The molecule has 138 valence electrons. The van der Waals surface area contributed by atoms with Gasteiger partial charge >= 0.3 is 0 Å². The maximum atomic E-state index is 6.66. The highest BCUT2D eigenvalue weighted by molar-refractivity contribution is 7.86. The van der Waals surface area contributed by atoms with E-state index < -0.39 is 15.4 Å². The van der Waals surface area contributed by atoms with Crippen LogP contribution in [0.1, 0.15) is 0 Å². The zero-order valence-corrected chi connectivity index (χ0v) is 17.7. The standard InChI is InChI=1S/C24H19ClOP2/c25-28(22-16-8-3-9-17-22)26-23-18-10-11-19-24(23)27(20-12-4-1-5-13-20)21-14-6-2-7-15-21/h1-19H. The largest absolute Gasteiger partial charge is 0.453 e. The van der Waals surface area contributed by atoms with E-state index in [1.807, 2.05) is 42.5 Å². The van der Waals surface area contributed by atoms with E-state index in [1.54, 1.807) is 0 Å². The second-order valence-corrected chi connectivity index (χ2v) is 10.4. The van der Waals surface area contributed by atoms with Gasteiger partial charge in [-0.3, -0.25) is 0 Å². The van der Waals surface area contributed by atoms with Crippen LogP contribution in [0.15, 0.2) is 115 Å². The summed E-state index contributed by atoms with van der Waals surface area (Å²) in [4.78, 5) is 0. The van der Waals surface area contributed by atoms with Gasteiger partial charge in [-0.05, 0) is 35.8 Å². The SMILES string of the molecule is ClP(Oc1ccccc1P(c1ccccc1)c1ccccc1)c1ccccc1. The highest BCUT2D eigenvalue weighted by atomic mass is 35.7. The Bertz CT molecular complexity index is 971.